The van der Waals surface area contributed by atoms with Gasteiger partial charge in [-0.15, -0.1) is 0 Å². The summed E-state index contributed by atoms with van der Waals surface area (Å²) in [5, 5.41) is 0. The third kappa shape index (κ3) is 6.27. The minimum Gasteiger partial charge on any atom is -0.456 e. The lowest BCUT2D eigenvalue weighted by Gasteiger charge is -2.23. The number of H-pyrrole nitrogens is 1. The van der Waals surface area contributed by atoms with Crippen LogP contribution in [0.3, 0.4) is 0 Å². The standard InChI is InChI=1S/C24H26N4O7S/c1-2-27(19(29)16-35-20(30)13-14-36(33,34)18-11-7-4-8-12-18)21-22(25)28(24(32)26-23(21)31)15-17-9-5-3-6-10-17/h3-12H,2,13-16,25H2,1H3,(H,26,31,32). The van der Waals surface area contributed by atoms with Crippen molar-refractivity contribution in [1.82, 2.24) is 9.55 Å². The van der Waals surface area contributed by atoms with Crippen LogP contribution in [-0.2, 0) is 30.7 Å². The molecule has 0 fully saturated rings. The Kier molecular flexibility index (Phi) is 8.43. The molecule has 2 aromatic carbocycles. The van der Waals surface area contributed by atoms with Gasteiger partial charge >= 0.3 is 11.7 Å². The van der Waals surface area contributed by atoms with E-state index in [0.29, 0.717) is 0 Å². The van der Waals surface area contributed by atoms with Crippen molar-refractivity contribution < 1.29 is 22.7 Å². The van der Waals surface area contributed by atoms with E-state index < -0.39 is 51.7 Å². The Morgan fingerprint density at radius 2 is 1.64 bits per heavy atom. The van der Waals surface area contributed by atoms with Crippen LogP contribution in [0.15, 0.2) is 75.1 Å². The fourth-order valence-electron chi connectivity index (χ4n) is 3.48. The summed E-state index contributed by atoms with van der Waals surface area (Å²) in [5.41, 5.74) is 5.03. The minimum atomic E-state index is -3.69. The molecule has 11 nitrogen and oxygen atoms in total. The number of ether oxygens (including phenoxy) is 1. The highest BCUT2D eigenvalue weighted by molar-refractivity contribution is 7.91. The van der Waals surface area contributed by atoms with Crippen LogP contribution >= 0.6 is 0 Å². The van der Waals surface area contributed by atoms with Gasteiger partial charge in [0.15, 0.2) is 22.1 Å². The van der Waals surface area contributed by atoms with Crippen molar-refractivity contribution in [1.29, 1.82) is 0 Å². The van der Waals surface area contributed by atoms with Crippen molar-refractivity contribution in [3.05, 3.63) is 87.1 Å². The van der Waals surface area contributed by atoms with Crippen LogP contribution in [0.1, 0.15) is 18.9 Å². The molecule has 3 aromatic rings. The molecule has 0 unspecified atom stereocenters. The van der Waals surface area contributed by atoms with Gasteiger partial charge in [-0.3, -0.25) is 23.9 Å². The summed E-state index contributed by atoms with van der Waals surface area (Å²) in [6, 6.07) is 16.6. The molecule has 190 valence electrons. The van der Waals surface area contributed by atoms with Crippen molar-refractivity contribution in [2.45, 2.75) is 24.8 Å². The van der Waals surface area contributed by atoms with Crippen LogP contribution in [-0.4, -0.2) is 48.7 Å². The average Bonchev–Trinajstić information content (AvgIpc) is 2.87. The van der Waals surface area contributed by atoms with Crippen LogP contribution in [0.4, 0.5) is 11.5 Å². The molecule has 3 N–H and O–H groups in total. The number of carbonyl (C=O) groups is 2. The molecule has 0 aliphatic heterocycles. The molecule has 0 aliphatic rings. The van der Waals surface area contributed by atoms with E-state index in [1.54, 1.807) is 49.4 Å². The molecule has 0 radical (unpaired) electrons. The summed E-state index contributed by atoms with van der Waals surface area (Å²) in [6.07, 6.45) is -0.457. The van der Waals surface area contributed by atoms with Crippen LogP contribution < -0.4 is 21.9 Å². The lowest BCUT2D eigenvalue weighted by molar-refractivity contribution is -0.147. The number of sulfone groups is 1. The fourth-order valence-corrected chi connectivity index (χ4v) is 4.72. The molecule has 1 aromatic heterocycles. The molecule has 1 amide bonds. The number of nitrogens with zero attached hydrogens (tertiary/aromatic N) is 2. The molecule has 0 bridgehead atoms. The van der Waals surface area contributed by atoms with Gasteiger partial charge in [-0.05, 0) is 24.6 Å². The van der Waals surface area contributed by atoms with Crippen LogP contribution in [0, 0.1) is 0 Å². The first-order chi connectivity index (χ1) is 17.1. The molecule has 1 heterocycles. The van der Waals surface area contributed by atoms with Crippen LogP contribution in [0.2, 0.25) is 0 Å². The second-order valence-corrected chi connectivity index (χ2v) is 9.85. The van der Waals surface area contributed by atoms with Crippen molar-refractivity contribution in [3.63, 3.8) is 0 Å². The summed E-state index contributed by atoms with van der Waals surface area (Å²) >= 11 is 0. The van der Waals surface area contributed by atoms with Gasteiger partial charge in [0.1, 0.15) is 5.82 Å². The van der Waals surface area contributed by atoms with E-state index in [-0.39, 0.29) is 29.5 Å². The molecular weight excluding hydrogens is 488 g/mol. The summed E-state index contributed by atoms with van der Waals surface area (Å²) < 4.78 is 30.7. The zero-order chi connectivity index (χ0) is 26.3. The normalized spacial score (nSPS) is 11.1. The number of aromatic nitrogens is 2. The van der Waals surface area contributed by atoms with Gasteiger partial charge in [0, 0.05) is 6.54 Å². The minimum absolute atomic E-state index is 0.00437. The summed E-state index contributed by atoms with van der Waals surface area (Å²) in [6.45, 7) is 0.897. The highest BCUT2D eigenvalue weighted by Crippen LogP contribution is 2.18. The second-order valence-electron chi connectivity index (χ2n) is 7.75. The molecule has 12 heteroatoms. The SMILES string of the molecule is CCN(C(=O)COC(=O)CCS(=O)(=O)c1ccccc1)c1c(N)n(Cc2ccccc2)c(=O)[nH]c1=O. The van der Waals surface area contributed by atoms with Gasteiger partial charge in [-0.1, -0.05) is 48.5 Å². The maximum atomic E-state index is 12.8. The maximum absolute atomic E-state index is 12.8. The van der Waals surface area contributed by atoms with Crippen LogP contribution in [0.25, 0.3) is 0 Å². The Morgan fingerprint density at radius 1 is 1.03 bits per heavy atom. The van der Waals surface area contributed by atoms with Crippen LogP contribution in [0.5, 0.6) is 0 Å². The number of hydrogen-bond acceptors (Lipinski definition) is 8. The first kappa shape index (κ1) is 26.4. The zero-order valence-electron chi connectivity index (χ0n) is 19.5. The molecular formula is C24H26N4O7S. The Balaban J connectivity index is 1.70. The number of carbonyl (C=O) groups excluding carboxylic acids is 2. The highest BCUT2D eigenvalue weighted by atomic mass is 32.2. The van der Waals surface area contributed by atoms with E-state index in [1.165, 1.54) is 12.1 Å². The van der Waals surface area contributed by atoms with E-state index in [2.05, 4.69) is 4.98 Å². The van der Waals surface area contributed by atoms with E-state index >= 15 is 0 Å². The maximum Gasteiger partial charge on any atom is 0.330 e. The average molecular weight is 515 g/mol. The van der Waals surface area contributed by atoms with Crippen molar-refractivity contribution >= 4 is 33.2 Å². The molecule has 0 spiro atoms. The number of likely N-dealkylation sites (N-methyl/N-ethyl adjacent to an activating group) is 1. The number of rotatable bonds is 10. The molecule has 0 aliphatic carbocycles. The monoisotopic (exact) mass is 514 g/mol. The number of nitrogens with two attached hydrogens (primary N) is 1. The number of amides is 1. The number of aromatic amines is 1. The predicted molar refractivity (Wildman–Crippen MR) is 133 cm³/mol. The van der Waals surface area contributed by atoms with Gasteiger partial charge in [0.25, 0.3) is 11.5 Å². The fraction of sp³-hybridized carbons (Fsp3) is 0.250. The third-order valence-corrected chi connectivity index (χ3v) is 7.05. The van der Waals surface area contributed by atoms with E-state index in [0.717, 1.165) is 15.0 Å². The quantitative estimate of drug-likeness (QED) is 0.378. The molecule has 3 rings (SSSR count). The number of nitrogens with one attached hydrogen (secondary N) is 1. The third-order valence-electron chi connectivity index (χ3n) is 5.32. The van der Waals surface area contributed by atoms with Crippen molar-refractivity contribution in [3.8, 4) is 0 Å². The lowest BCUT2D eigenvalue weighted by atomic mass is 10.2. The Morgan fingerprint density at radius 3 is 2.25 bits per heavy atom. The van der Waals surface area contributed by atoms with E-state index in [1.807, 2.05) is 6.07 Å². The van der Waals surface area contributed by atoms with E-state index in [9.17, 15) is 27.6 Å². The smallest absolute Gasteiger partial charge is 0.330 e. The number of nitrogen functional groups attached to an aromatic ring is 1. The summed E-state index contributed by atoms with van der Waals surface area (Å²) in [5.74, 6) is -2.37. The Bertz CT molecular complexity index is 1450. The zero-order valence-corrected chi connectivity index (χ0v) is 20.4. The first-order valence-corrected chi connectivity index (χ1v) is 12.7. The Hall–Kier alpha value is -4.19. The van der Waals surface area contributed by atoms with Gasteiger partial charge < -0.3 is 15.4 Å². The second kappa shape index (κ2) is 11.5. The molecule has 0 atom stereocenters. The number of anilines is 2. The lowest BCUT2D eigenvalue weighted by Crippen LogP contribution is -2.42. The molecule has 0 saturated carbocycles. The van der Waals surface area contributed by atoms with Gasteiger partial charge in [-0.25, -0.2) is 13.2 Å². The largest absolute Gasteiger partial charge is 0.456 e. The summed E-state index contributed by atoms with van der Waals surface area (Å²) in [4.78, 5) is 53.1. The van der Waals surface area contributed by atoms with Crippen molar-refractivity contribution in [2.75, 3.05) is 29.5 Å². The number of hydrogen-bond donors (Lipinski definition) is 2. The highest BCUT2D eigenvalue weighted by Gasteiger charge is 2.24. The van der Waals surface area contributed by atoms with Gasteiger partial charge in [-0.2, -0.15) is 0 Å². The number of esters is 1. The Labute approximate surface area is 207 Å². The van der Waals surface area contributed by atoms with Gasteiger partial charge in [0.2, 0.25) is 0 Å². The molecule has 36 heavy (non-hydrogen) atoms. The van der Waals surface area contributed by atoms with Crippen molar-refractivity contribution in [2.24, 2.45) is 0 Å². The topological polar surface area (TPSA) is 162 Å². The van der Waals surface area contributed by atoms with E-state index in [4.69, 9.17) is 10.5 Å². The first-order valence-electron chi connectivity index (χ1n) is 11.0. The molecule has 0 saturated heterocycles. The summed E-state index contributed by atoms with van der Waals surface area (Å²) in [7, 11) is -3.69. The predicted octanol–water partition coefficient (Wildman–Crippen LogP) is 0.927. The van der Waals surface area contributed by atoms with Gasteiger partial charge in [0.05, 0.1) is 23.6 Å². The number of benzene rings is 2.